The summed E-state index contributed by atoms with van der Waals surface area (Å²) >= 11 is 5.16. The fourth-order valence-electron chi connectivity index (χ4n) is 3.85. The van der Waals surface area contributed by atoms with E-state index in [4.69, 9.17) is 17.0 Å². The third-order valence-corrected chi connectivity index (χ3v) is 5.52. The molecule has 142 valence electrons. The molecule has 2 heterocycles. The summed E-state index contributed by atoms with van der Waals surface area (Å²) in [5.74, 6) is 0.963. The highest BCUT2D eigenvalue weighted by Crippen LogP contribution is 2.28. The molecule has 1 aliphatic heterocycles. The zero-order valence-corrected chi connectivity index (χ0v) is 16.5. The standard InChI is InChI=1S/C21H26N4OS/c1-26-20-7-3-2-6-19(20)25-13-11-24(12-14-25)10-4-5-16-8-9-17-18(15-16)23-21(27)22-17/h2-3,6-9,15H,4-5,10-14H2,1H3,(H2,22,23,27). The van der Waals surface area contributed by atoms with E-state index in [1.807, 2.05) is 12.1 Å². The molecule has 5 nitrogen and oxygen atoms in total. The maximum absolute atomic E-state index is 5.50. The molecule has 0 bridgehead atoms. The number of piperazine rings is 1. The Kier molecular flexibility index (Phi) is 5.45. The minimum atomic E-state index is 0.690. The second-order valence-electron chi connectivity index (χ2n) is 7.06. The van der Waals surface area contributed by atoms with Crippen molar-refractivity contribution in [3.8, 4) is 5.75 Å². The Morgan fingerprint density at radius 2 is 1.78 bits per heavy atom. The van der Waals surface area contributed by atoms with E-state index >= 15 is 0 Å². The molecule has 0 unspecified atom stereocenters. The molecule has 0 aliphatic carbocycles. The molecule has 0 spiro atoms. The summed E-state index contributed by atoms with van der Waals surface area (Å²) in [7, 11) is 1.74. The van der Waals surface area contributed by atoms with Crippen LogP contribution in [0.4, 0.5) is 5.69 Å². The third kappa shape index (κ3) is 4.17. The van der Waals surface area contributed by atoms with Crippen LogP contribution in [-0.2, 0) is 6.42 Å². The molecule has 1 aliphatic rings. The van der Waals surface area contributed by atoms with Gasteiger partial charge in [-0.1, -0.05) is 18.2 Å². The van der Waals surface area contributed by atoms with Crippen molar-refractivity contribution in [1.82, 2.24) is 14.9 Å². The zero-order chi connectivity index (χ0) is 18.6. The van der Waals surface area contributed by atoms with Crippen LogP contribution in [0, 0.1) is 4.77 Å². The molecule has 1 fully saturated rings. The zero-order valence-electron chi connectivity index (χ0n) is 15.7. The molecule has 0 atom stereocenters. The number of imidazole rings is 1. The number of hydrogen-bond donors (Lipinski definition) is 2. The van der Waals surface area contributed by atoms with Crippen molar-refractivity contribution in [1.29, 1.82) is 0 Å². The van der Waals surface area contributed by atoms with Gasteiger partial charge in [-0.3, -0.25) is 4.90 Å². The SMILES string of the molecule is COc1ccccc1N1CCN(CCCc2ccc3[nH]c(=S)[nH]c3c2)CC1. The summed E-state index contributed by atoms with van der Waals surface area (Å²) < 4.78 is 6.19. The van der Waals surface area contributed by atoms with Crippen LogP contribution < -0.4 is 9.64 Å². The topological polar surface area (TPSA) is 47.3 Å². The van der Waals surface area contributed by atoms with E-state index in [0.29, 0.717) is 4.77 Å². The molecule has 2 N–H and O–H groups in total. The maximum Gasteiger partial charge on any atom is 0.175 e. The lowest BCUT2D eigenvalue weighted by Crippen LogP contribution is -2.46. The Hall–Kier alpha value is -2.31. The van der Waals surface area contributed by atoms with E-state index in [0.717, 1.165) is 55.9 Å². The van der Waals surface area contributed by atoms with Crippen LogP contribution in [0.3, 0.4) is 0 Å². The first kappa shape index (κ1) is 18.1. The van der Waals surface area contributed by atoms with Gasteiger partial charge in [0.2, 0.25) is 0 Å². The van der Waals surface area contributed by atoms with E-state index in [9.17, 15) is 0 Å². The number of ether oxygens (including phenoxy) is 1. The molecule has 1 aromatic heterocycles. The molecule has 27 heavy (non-hydrogen) atoms. The number of aromatic amines is 2. The first-order valence-electron chi connectivity index (χ1n) is 9.54. The normalized spacial score (nSPS) is 15.4. The first-order valence-corrected chi connectivity index (χ1v) is 9.95. The average molecular weight is 383 g/mol. The number of nitrogens with zero attached hydrogens (tertiary/aromatic N) is 2. The van der Waals surface area contributed by atoms with Crippen LogP contribution in [0.5, 0.6) is 5.75 Å². The Bertz CT molecular complexity index is 956. The summed E-state index contributed by atoms with van der Waals surface area (Å²) in [5, 5.41) is 0. The van der Waals surface area contributed by atoms with Crippen molar-refractivity contribution in [2.75, 3.05) is 44.7 Å². The summed E-state index contributed by atoms with van der Waals surface area (Å²) in [4.78, 5) is 11.3. The van der Waals surface area contributed by atoms with Gasteiger partial charge in [-0.15, -0.1) is 0 Å². The smallest absolute Gasteiger partial charge is 0.175 e. The largest absolute Gasteiger partial charge is 0.495 e. The number of hydrogen-bond acceptors (Lipinski definition) is 4. The van der Waals surface area contributed by atoms with Crippen molar-refractivity contribution < 1.29 is 4.74 Å². The number of fused-ring (bicyclic) bond motifs is 1. The van der Waals surface area contributed by atoms with Crippen molar-refractivity contribution >= 4 is 28.9 Å². The van der Waals surface area contributed by atoms with Crippen LogP contribution in [0.2, 0.25) is 0 Å². The van der Waals surface area contributed by atoms with E-state index in [1.165, 1.54) is 17.7 Å². The van der Waals surface area contributed by atoms with Crippen LogP contribution in [0.1, 0.15) is 12.0 Å². The molecule has 0 amide bonds. The van der Waals surface area contributed by atoms with Gasteiger partial charge in [0.1, 0.15) is 5.75 Å². The predicted molar refractivity (Wildman–Crippen MR) is 113 cm³/mol. The van der Waals surface area contributed by atoms with Crippen molar-refractivity contribution in [3.63, 3.8) is 0 Å². The van der Waals surface area contributed by atoms with Crippen LogP contribution >= 0.6 is 12.2 Å². The van der Waals surface area contributed by atoms with E-state index in [-0.39, 0.29) is 0 Å². The van der Waals surface area contributed by atoms with Gasteiger partial charge in [-0.05, 0) is 61.4 Å². The summed E-state index contributed by atoms with van der Waals surface area (Å²) in [6, 6.07) is 14.8. The third-order valence-electron chi connectivity index (χ3n) is 5.32. The van der Waals surface area contributed by atoms with Gasteiger partial charge in [-0.25, -0.2) is 0 Å². The predicted octanol–water partition coefficient (Wildman–Crippen LogP) is 3.99. The fourth-order valence-corrected chi connectivity index (χ4v) is 4.07. The Morgan fingerprint density at radius 1 is 1.00 bits per heavy atom. The number of H-pyrrole nitrogens is 2. The van der Waals surface area contributed by atoms with Gasteiger partial charge in [0, 0.05) is 26.2 Å². The number of methoxy groups -OCH3 is 1. The number of benzene rings is 2. The number of aromatic nitrogens is 2. The molecular weight excluding hydrogens is 356 g/mol. The molecule has 4 rings (SSSR count). The molecular formula is C21H26N4OS. The van der Waals surface area contributed by atoms with Crippen LogP contribution in [0.15, 0.2) is 42.5 Å². The minimum Gasteiger partial charge on any atom is -0.495 e. The van der Waals surface area contributed by atoms with Gasteiger partial charge in [0.25, 0.3) is 0 Å². The number of aryl methyl sites for hydroxylation is 1. The molecule has 1 saturated heterocycles. The monoisotopic (exact) mass is 382 g/mol. The molecule has 0 saturated carbocycles. The minimum absolute atomic E-state index is 0.690. The van der Waals surface area contributed by atoms with Gasteiger partial charge >= 0.3 is 0 Å². The number of anilines is 1. The number of rotatable bonds is 6. The number of nitrogens with one attached hydrogen (secondary N) is 2. The average Bonchev–Trinajstić information content (AvgIpc) is 3.08. The Morgan fingerprint density at radius 3 is 2.59 bits per heavy atom. The van der Waals surface area contributed by atoms with Crippen LogP contribution in [0.25, 0.3) is 11.0 Å². The molecule has 3 aromatic rings. The lowest BCUT2D eigenvalue weighted by molar-refractivity contribution is 0.254. The lowest BCUT2D eigenvalue weighted by Gasteiger charge is -2.36. The second kappa shape index (κ2) is 8.15. The summed E-state index contributed by atoms with van der Waals surface area (Å²) in [5.41, 5.74) is 4.75. The van der Waals surface area contributed by atoms with Gasteiger partial charge in [0.05, 0.1) is 23.8 Å². The van der Waals surface area contributed by atoms with Crippen LogP contribution in [-0.4, -0.2) is 54.7 Å². The summed E-state index contributed by atoms with van der Waals surface area (Å²) in [6.07, 6.45) is 2.26. The van der Waals surface area contributed by atoms with E-state index in [1.54, 1.807) is 7.11 Å². The molecule has 2 aromatic carbocycles. The van der Waals surface area contributed by atoms with Gasteiger partial charge < -0.3 is 19.6 Å². The van der Waals surface area contributed by atoms with Crippen molar-refractivity contribution in [2.45, 2.75) is 12.8 Å². The molecule has 0 radical (unpaired) electrons. The summed E-state index contributed by atoms with van der Waals surface area (Å²) in [6.45, 7) is 5.43. The number of para-hydroxylation sites is 2. The lowest BCUT2D eigenvalue weighted by atomic mass is 10.1. The highest BCUT2D eigenvalue weighted by Gasteiger charge is 2.19. The van der Waals surface area contributed by atoms with E-state index in [2.05, 4.69) is 50.1 Å². The van der Waals surface area contributed by atoms with Crippen molar-refractivity contribution in [3.05, 3.63) is 52.8 Å². The van der Waals surface area contributed by atoms with Gasteiger partial charge in [-0.2, -0.15) is 0 Å². The highest BCUT2D eigenvalue weighted by molar-refractivity contribution is 7.71. The van der Waals surface area contributed by atoms with Gasteiger partial charge in [0.15, 0.2) is 4.77 Å². The molecule has 6 heteroatoms. The Labute approximate surface area is 165 Å². The second-order valence-corrected chi connectivity index (χ2v) is 7.47. The maximum atomic E-state index is 5.50. The fraction of sp³-hybridized carbons (Fsp3) is 0.381. The van der Waals surface area contributed by atoms with E-state index < -0.39 is 0 Å². The quantitative estimate of drug-likeness (QED) is 0.633. The van der Waals surface area contributed by atoms with Crippen molar-refractivity contribution in [2.24, 2.45) is 0 Å². The highest BCUT2D eigenvalue weighted by atomic mass is 32.1. The first-order chi connectivity index (χ1) is 13.2. The Balaban J connectivity index is 1.27.